The molecule has 2 aliphatic rings. The van der Waals surface area contributed by atoms with Crippen LogP contribution in [0.25, 0.3) is 10.9 Å². The molecule has 5 rings (SSSR count). The van der Waals surface area contributed by atoms with Crippen LogP contribution in [-0.4, -0.2) is 61.8 Å². The number of aromatic nitrogens is 1. The second-order valence-electron chi connectivity index (χ2n) is 10.2. The molecule has 2 amide bonds. The Balaban J connectivity index is 1.34. The fourth-order valence-electron chi connectivity index (χ4n) is 5.40. The van der Waals surface area contributed by atoms with Gasteiger partial charge in [0.1, 0.15) is 0 Å². The fourth-order valence-corrected chi connectivity index (χ4v) is 6.98. The normalized spacial score (nSPS) is 21.9. The maximum Gasteiger partial charge on any atom is 0.255 e. The van der Waals surface area contributed by atoms with Gasteiger partial charge in [-0.05, 0) is 74.5 Å². The number of carbonyl (C=O) groups excluding carboxylic acids is 2. The molecule has 1 aromatic heterocycles. The van der Waals surface area contributed by atoms with Crippen LogP contribution >= 0.6 is 0 Å². The van der Waals surface area contributed by atoms with Gasteiger partial charge in [-0.2, -0.15) is 0 Å². The van der Waals surface area contributed by atoms with E-state index in [1.807, 2.05) is 30.9 Å². The highest BCUT2D eigenvalue weighted by Crippen LogP contribution is 2.30. The maximum atomic E-state index is 13.6. The minimum absolute atomic E-state index is 0.0408. The van der Waals surface area contributed by atoms with E-state index in [1.165, 1.54) is 6.07 Å². The molecule has 38 heavy (non-hydrogen) atoms. The first-order valence-corrected chi connectivity index (χ1v) is 14.5. The molecule has 0 spiro atoms. The van der Waals surface area contributed by atoms with Crippen LogP contribution in [0, 0.1) is 12.8 Å². The lowest BCUT2D eigenvalue weighted by atomic mass is 9.94. The number of sulfonamides is 1. The predicted molar refractivity (Wildman–Crippen MR) is 146 cm³/mol. The third-order valence-electron chi connectivity index (χ3n) is 7.54. The third kappa shape index (κ3) is 5.29. The van der Waals surface area contributed by atoms with E-state index in [1.54, 1.807) is 36.5 Å². The van der Waals surface area contributed by atoms with Crippen molar-refractivity contribution in [2.75, 3.05) is 25.0 Å². The molecule has 9 nitrogen and oxygen atoms in total. The fraction of sp³-hybridized carbons (Fsp3) is 0.393. The van der Waals surface area contributed by atoms with E-state index >= 15 is 0 Å². The number of nitrogens with one attached hydrogen (secondary N) is 3. The molecule has 3 heterocycles. The van der Waals surface area contributed by atoms with Crippen molar-refractivity contribution < 1.29 is 18.0 Å². The Hall–Kier alpha value is -3.34. The number of carbonyl (C=O) groups is 2. The minimum atomic E-state index is -3.90. The molecule has 3 atom stereocenters. The number of benzene rings is 2. The van der Waals surface area contributed by atoms with E-state index in [0.717, 1.165) is 24.9 Å². The molecule has 200 valence electrons. The van der Waals surface area contributed by atoms with Gasteiger partial charge >= 0.3 is 0 Å². The van der Waals surface area contributed by atoms with E-state index in [9.17, 15) is 18.0 Å². The van der Waals surface area contributed by atoms with E-state index in [-0.39, 0.29) is 34.7 Å². The van der Waals surface area contributed by atoms with E-state index in [0.29, 0.717) is 41.7 Å². The monoisotopic (exact) mass is 535 g/mol. The number of piperidine rings is 1. The lowest BCUT2D eigenvalue weighted by Crippen LogP contribution is -2.54. The van der Waals surface area contributed by atoms with Gasteiger partial charge in [0.25, 0.3) is 5.91 Å². The van der Waals surface area contributed by atoms with Gasteiger partial charge in [-0.25, -0.2) is 13.1 Å². The largest absolute Gasteiger partial charge is 0.341 e. The van der Waals surface area contributed by atoms with Crippen LogP contribution in [0.2, 0.25) is 0 Å². The van der Waals surface area contributed by atoms with Crippen molar-refractivity contribution in [2.45, 2.75) is 50.1 Å². The van der Waals surface area contributed by atoms with Crippen LogP contribution in [0.5, 0.6) is 0 Å². The average Bonchev–Trinajstić information content (AvgIpc) is 3.45. The number of rotatable bonds is 6. The quantitative estimate of drug-likeness (QED) is 0.446. The number of likely N-dealkylation sites (tertiary alicyclic amines) is 1. The highest BCUT2D eigenvalue weighted by molar-refractivity contribution is 7.89. The van der Waals surface area contributed by atoms with Gasteiger partial charge in [0, 0.05) is 36.3 Å². The van der Waals surface area contributed by atoms with Gasteiger partial charge in [0.05, 0.1) is 22.1 Å². The minimum Gasteiger partial charge on any atom is -0.341 e. The molecule has 2 fully saturated rings. The molecule has 2 aromatic carbocycles. The number of hydrogen-bond acceptors (Lipinski definition) is 6. The first kappa shape index (κ1) is 26.3. The zero-order chi connectivity index (χ0) is 26.9. The van der Waals surface area contributed by atoms with Gasteiger partial charge < -0.3 is 15.5 Å². The third-order valence-corrected chi connectivity index (χ3v) is 9.09. The van der Waals surface area contributed by atoms with E-state index < -0.39 is 10.0 Å². The Labute approximate surface area is 223 Å². The van der Waals surface area contributed by atoms with Crippen molar-refractivity contribution >= 4 is 38.4 Å². The van der Waals surface area contributed by atoms with Crippen LogP contribution in [0.1, 0.15) is 42.1 Å². The topological polar surface area (TPSA) is 120 Å². The SMILES string of the molecule is Cc1ccccc1C(=O)Nc1ccc(S(=O)(=O)NC2CCN(C(=O)[C@H]3CCCN3)CC2C)c2cccnc12. The summed E-state index contributed by atoms with van der Waals surface area (Å²) in [6.45, 7) is 5.72. The van der Waals surface area contributed by atoms with Crippen molar-refractivity contribution in [3.05, 3.63) is 65.9 Å². The van der Waals surface area contributed by atoms with Gasteiger partial charge in [-0.3, -0.25) is 14.6 Å². The van der Waals surface area contributed by atoms with E-state index in [4.69, 9.17) is 0 Å². The first-order valence-electron chi connectivity index (χ1n) is 13.0. The summed E-state index contributed by atoms with van der Waals surface area (Å²) >= 11 is 0. The number of hydrogen-bond donors (Lipinski definition) is 3. The zero-order valence-corrected chi connectivity index (χ0v) is 22.4. The smallest absolute Gasteiger partial charge is 0.255 e. The highest BCUT2D eigenvalue weighted by atomic mass is 32.2. The van der Waals surface area contributed by atoms with Crippen LogP contribution in [0.3, 0.4) is 0 Å². The summed E-state index contributed by atoms with van der Waals surface area (Å²) in [6, 6.07) is 13.3. The van der Waals surface area contributed by atoms with Crippen molar-refractivity contribution in [3.8, 4) is 0 Å². The number of fused-ring (bicyclic) bond motifs is 1. The van der Waals surface area contributed by atoms with Crippen molar-refractivity contribution in [1.82, 2.24) is 19.9 Å². The van der Waals surface area contributed by atoms with Crippen molar-refractivity contribution in [1.29, 1.82) is 0 Å². The molecule has 2 aliphatic heterocycles. The van der Waals surface area contributed by atoms with Crippen LogP contribution in [0.4, 0.5) is 5.69 Å². The lowest BCUT2D eigenvalue weighted by Gasteiger charge is -2.38. The van der Waals surface area contributed by atoms with Crippen LogP contribution < -0.4 is 15.4 Å². The second kappa shape index (κ2) is 10.8. The zero-order valence-electron chi connectivity index (χ0n) is 21.6. The van der Waals surface area contributed by atoms with Crippen molar-refractivity contribution in [2.24, 2.45) is 5.92 Å². The number of amides is 2. The molecule has 2 saturated heterocycles. The summed E-state index contributed by atoms with van der Waals surface area (Å²) < 4.78 is 30.0. The van der Waals surface area contributed by atoms with Gasteiger partial charge in [-0.15, -0.1) is 0 Å². The van der Waals surface area contributed by atoms with Gasteiger partial charge in [-0.1, -0.05) is 25.1 Å². The molecule has 3 aromatic rings. The Kier molecular flexibility index (Phi) is 7.47. The van der Waals surface area contributed by atoms with Crippen LogP contribution in [-0.2, 0) is 14.8 Å². The first-order chi connectivity index (χ1) is 18.2. The summed E-state index contributed by atoms with van der Waals surface area (Å²) in [5.41, 5.74) is 2.22. The van der Waals surface area contributed by atoms with Crippen LogP contribution in [0.15, 0.2) is 59.6 Å². The highest BCUT2D eigenvalue weighted by Gasteiger charge is 2.35. The maximum absolute atomic E-state index is 13.6. The van der Waals surface area contributed by atoms with Gasteiger partial charge in [0.2, 0.25) is 15.9 Å². The Bertz CT molecular complexity index is 1470. The molecule has 0 bridgehead atoms. The molecule has 0 radical (unpaired) electrons. The predicted octanol–water partition coefficient (Wildman–Crippen LogP) is 3.06. The molecular weight excluding hydrogens is 502 g/mol. The molecule has 3 N–H and O–H groups in total. The van der Waals surface area contributed by atoms with Gasteiger partial charge in [0.15, 0.2) is 0 Å². The summed E-state index contributed by atoms with van der Waals surface area (Å²) in [4.78, 5) is 32.1. The number of anilines is 1. The molecule has 10 heteroatoms. The number of pyridine rings is 1. The second-order valence-corrected chi connectivity index (χ2v) is 11.9. The lowest BCUT2D eigenvalue weighted by molar-refractivity contribution is -0.135. The average molecular weight is 536 g/mol. The summed E-state index contributed by atoms with van der Waals surface area (Å²) in [7, 11) is -3.90. The Morgan fingerprint density at radius 3 is 2.63 bits per heavy atom. The number of aryl methyl sites for hydroxylation is 1. The Morgan fingerprint density at radius 2 is 1.89 bits per heavy atom. The summed E-state index contributed by atoms with van der Waals surface area (Å²) in [5, 5.41) is 6.56. The summed E-state index contributed by atoms with van der Waals surface area (Å²) in [5.74, 6) is -0.219. The molecule has 0 saturated carbocycles. The Morgan fingerprint density at radius 1 is 1.08 bits per heavy atom. The molecule has 0 aliphatic carbocycles. The molecule has 2 unspecified atom stereocenters. The van der Waals surface area contributed by atoms with Crippen molar-refractivity contribution in [3.63, 3.8) is 0 Å². The standard InChI is InChI=1S/C28H33N5O4S/c1-18-7-3-4-8-20(18)27(34)31-23-11-12-25(21-9-5-15-30-26(21)23)38(36,37)32-22-13-16-33(17-19(22)2)28(35)24-10-6-14-29-24/h3-5,7-9,11-12,15,19,22,24,29,32H,6,10,13-14,16-17H2,1-2H3,(H,31,34)/t19?,22?,24-/m1/s1. The van der Waals surface area contributed by atoms with E-state index in [2.05, 4.69) is 20.3 Å². The summed E-state index contributed by atoms with van der Waals surface area (Å²) in [6.07, 6.45) is 3.96. The number of nitrogens with zero attached hydrogens (tertiary/aromatic N) is 2. The molecular formula is C28H33N5O4S.